The first-order chi connectivity index (χ1) is 15.6. The number of rotatable bonds is 4. The number of hydrogen-bond donors (Lipinski definition) is 0. The molecule has 2 amide bonds. The molecule has 0 N–H and O–H groups in total. The standard InChI is InChI=1S/C26H20N2O4/c29-25-23-21(17-8-3-1-4-9-17)14-15-22(18-10-5-2-6-11-18)24(23)26(30)27(25)19-12-7-13-20(16-19)28(31)32/h1-16,21-24H/t21-,22+,23-,24-/m1/s1. The second-order valence-corrected chi connectivity index (χ2v) is 8.10. The van der Waals surface area contributed by atoms with Gasteiger partial charge in [0, 0.05) is 24.0 Å². The van der Waals surface area contributed by atoms with Crippen LogP contribution in [0.3, 0.4) is 0 Å². The third-order valence-corrected chi connectivity index (χ3v) is 6.37. The smallest absolute Gasteiger partial charge is 0.271 e. The molecule has 0 bridgehead atoms. The van der Waals surface area contributed by atoms with Gasteiger partial charge in [-0.2, -0.15) is 0 Å². The first-order valence-corrected chi connectivity index (χ1v) is 10.5. The van der Waals surface area contributed by atoms with E-state index in [1.165, 1.54) is 18.2 Å². The number of hydrogen-bond acceptors (Lipinski definition) is 4. The van der Waals surface area contributed by atoms with E-state index in [9.17, 15) is 19.7 Å². The molecular formula is C26H20N2O4. The minimum absolute atomic E-state index is 0.157. The summed E-state index contributed by atoms with van der Waals surface area (Å²) in [4.78, 5) is 39.3. The van der Waals surface area contributed by atoms with Crippen LogP contribution in [0.1, 0.15) is 23.0 Å². The number of non-ortho nitro benzene ring substituents is 1. The number of nitrogens with zero attached hydrogens (tertiary/aromatic N) is 2. The van der Waals surface area contributed by atoms with Crippen LogP contribution in [-0.4, -0.2) is 16.7 Å². The Labute approximate surface area is 184 Å². The Morgan fingerprint density at radius 1 is 0.688 bits per heavy atom. The number of fused-ring (bicyclic) bond motifs is 1. The number of benzene rings is 3. The molecule has 1 saturated heterocycles. The van der Waals surface area contributed by atoms with Crippen LogP contribution in [0.2, 0.25) is 0 Å². The average Bonchev–Trinajstić information content (AvgIpc) is 3.10. The summed E-state index contributed by atoms with van der Waals surface area (Å²) in [5, 5.41) is 11.3. The van der Waals surface area contributed by atoms with Crippen LogP contribution < -0.4 is 4.90 Å². The quantitative estimate of drug-likeness (QED) is 0.260. The zero-order chi connectivity index (χ0) is 22.2. The maximum atomic E-state index is 13.7. The van der Waals surface area contributed by atoms with Crippen molar-refractivity contribution < 1.29 is 14.5 Å². The zero-order valence-electron chi connectivity index (χ0n) is 17.1. The minimum atomic E-state index is -0.584. The normalized spacial score (nSPS) is 24.4. The molecule has 0 radical (unpaired) electrons. The molecule has 1 aliphatic heterocycles. The van der Waals surface area contributed by atoms with Crippen molar-refractivity contribution in [3.8, 4) is 0 Å². The summed E-state index contributed by atoms with van der Waals surface area (Å²) in [7, 11) is 0. The lowest BCUT2D eigenvalue weighted by Crippen LogP contribution is -2.31. The highest BCUT2D eigenvalue weighted by Crippen LogP contribution is 2.50. The average molecular weight is 424 g/mol. The van der Waals surface area contributed by atoms with Gasteiger partial charge in [-0.1, -0.05) is 78.9 Å². The highest BCUT2D eigenvalue weighted by Gasteiger charge is 2.55. The maximum Gasteiger partial charge on any atom is 0.271 e. The van der Waals surface area contributed by atoms with Gasteiger partial charge in [0.1, 0.15) is 0 Å². The van der Waals surface area contributed by atoms with Crippen LogP contribution in [0.25, 0.3) is 0 Å². The van der Waals surface area contributed by atoms with Gasteiger partial charge in [-0.3, -0.25) is 19.7 Å². The number of nitro groups is 1. The van der Waals surface area contributed by atoms with E-state index in [0.29, 0.717) is 0 Å². The highest BCUT2D eigenvalue weighted by molar-refractivity contribution is 6.23. The lowest BCUT2D eigenvalue weighted by molar-refractivity contribution is -0.384. The summed E-state index contributed by atoms with van der Waals surface area (Å²) in [6.07, 6.45) is 4.05. The van der Waals surface area contributed by atoms with E-state index >= 15 is 0 Å². The van der Waals surface area contributed by atoms with Crippen molar-refractivity contribution in [3.63, 3.8) is 0 Å². The van der Waals surface area contributed by atoms with Gasteiger partial charge in [0.2, 0.25) is 11.8 Å². The van der Waals surface area contributed by atoms with E-state index < -0.39 is 16.8 Å². The van der Waals surface area contributed by atoms with Gasteiger partial charge in [-0.05, 0) is 17.2 Å². The van der Waals surface area contributed by atoms with Crippen LogP contribution in [0.15, 0.2) is 97.1 Å². The topological polar surface area (TPSA) is 80.5 Å². The van der Waals surface area contributed by atoms with Gasteiger partial charge < -0.3 is 0 Å². The van der Waals surface area contributed by atoms with Crippen molar-refractivity contribution in [1.29, 1.82) is 0 Å². The summed E-state index contributed by atoms with van der Waals surface area (Å²) in [5.74, 6) is -2.30. The lowest BCUT2D eigenvalue weighted by atomic mass is 9.68. The van der Waals surface area contributed by atoms with E-state index in [1.807, 2.05) is 72.8 Å². The number of carbonyl (C=O) groups is 2. The lowest BCUT2D eigenvalue weighted by Gasteiger charge is -2.32. The first kappa shape index (κ1) is 19.9. The van der Waals surface area contributed by atoms with E-state index in [0.717, 1.165) is 16.0 Å². The molecule has 3 aromatic carbocycles. The molecule has 0 spiro atoms. The molecule has 0 unspecified atom stereocenters. The van der Waals surface area contributed by atoms with Crippen molar-refractivity contribution in [2.24, 2.45) is 11.8 Å². The molecule has 6 nitrogen and oxygen atoms in total. The van der Waals surface area contributed by atoms with Crippen LogP contribution in [0, 0.1) is 22.0 Å². The molecule has 1 heterocycles. The molecule has 3 aromatic rings. The maximum absolute atomic E-state index is 13.7. The van der Waals surface area contributed by atoms with E-state index in [2.05, 4.69) is 0 Å². The van der Waals surface area contributed by atoms with E-state index in [1.54, 1.807) is 6.07 Å². The van der Waals surface area contributed by atoms with Crippen molar-refractivity contribution >= 4 is 23.2 Å². The Morgan fingerprint density at radius 3 is 1.66 bits per heavy atom. The molecule has 4 atom stereocenters. The largest absolute Gasteiger partial charge is 0.274 e. The Bertz CT molecular complexity index is 1160. The summed E-state index contributed by atoms with van der Waals surface area (Å²) < 4.78 is 0. The second kappa shape index (κ2) is 7.89. The molecule has 6 heteroatoms. The van der Waals surface area contributed by atoms with Crippen LogP contribution in [0.5, 0.6) is 0 Å². The van der Waals surface area contributed by atoms with Gasteiger partial charge in [0.05, 0.1) is 22.4 Å². The molecule has 1 fully saturated rings. The Kier molecular flexibility index (Phi) is 4.90. The predicted molar refractivity (Wildman–Crippen MR) is 120 cm³/mol. The zero-order valence-corrected chi connectivity index (χ0v) is 17.1. The third kappa shape index (κ3) is 3.21. The number of amides is 2. The predicted octanol–water partition coefficient (Wildman–Crippen LogP) is 4.84. The molecule has 158 valence electrons. The molecule has 0 aromatic heterocycles. The van der Waals surface area contributed by atoms with Crippen molar-refractivity contribution in [1.82, 2.24) is 0 Å². The molecular weight excluding hydrogens is 404 g/mol. The highest BCUT2D eigenvalue weighted by atomic mass is 16.6. The fourth-order valence-electron chi connectivity index (χ4n) is 4.93. The summed E-state index contributed by atoms with van der Waals surface area (Å²) in [5.41, 5.74) is 2.01. The van der Waals surface area contributed by atoms with Gasteiger partial charge >= 0.3 is 0 Å². The summed E-state index contributed by atoms with van der Waals surface area (Å²) in [6.45, 7) is 0. The molecule has 0 saturated carbocycles. The fraction of sp³-hybridized carbons (Fsp3) is 0.154. The van der Waals surface area contributed by atoms with Crippen molar-refractivity contribution in [2.75, 3.05) is 4.90 Å². The van der Waals surface area contributed by atoms with E-state index in [4.69, 9.17) is 0 Å². The molecule has 5 rings (SSSR count). The Hall–Kier alpha value is -4.06. The summed E-state index contributed by atoms with van der Waals surface area (Å²) in [6, 6.07) is 25.0. The first-order valence-electron chi connectivity index (χ1n) is 10.5. The number of nitro benzene ring substituents is 1. The SMILES string of the molecule is O=C1[C@H]2[C@H](C(=O)N1c1cccc([N+](=O)[O-])c1)[C@H](c1ccccc1)C=C[C@@H]2c1ccccc1. The molecule has 2 aliphatic rings. The number of allylic oxidation sites excluding steroid dienone is 2. The third-order valence-electron chi connectivity index (χ3n) is 6.37. The monoisotopic (exact) mass is 424 g/mol. The molecule has 32 heavy (non-hydrogen) atoms. The number of anilines is 1. The van der Waals surface area contributed by atoms with Gasteiger partial charge in [-0.25, -0.2) is 4.90 Å². The van der Waals surface area contributed by atoms with Crippen molar-refractivity contribution in [3.05, 3.63) is 118 Å². The summed E-state index contributed by atoms with van der Waals surface area (Å²) >= 11 is 0. The van der Waals surface area contributed by atoms with Gasteiger partial charge in [-0.15, -0.1) is 0 Å². The van der Waals surface area contributed by atoms with E-state index in [-0.39, 0.29) is 35.0 Å². The fourth-order valence-corrected chi connectivity index (χ4v) is 4.93. The molecule has 1 aliphatic carbocycles. The number of carbonyl (C=O) groups excluding carboxylic acids is 2. The van der Waals surface area contributed by atoms with Crippen LogP contribution in [-0.2, 0) is 9.59 Å². The Morgan fingerprint density at radius 2 is 1.19 bits per heavy atom. The Balaban J connectivity index is 1.63. The van der Waals surface area contributed by atoms with Gasteiger partial charge in [0.25, 0.3) is 5.69 Å². The number of imide groups is 1. The second-order valence-electron chi connectivity index (χ2n) is 8.10. The van der Waals surface area contributed by atoms with Gasteiger partial charge in [0.15, 0.2) is 0 Å². The minimum Gasteiger partial charge on any atom is -0.274 e. The van der Waals surface area contributed by atoms with Crippen molar-refractivity contribution in [2.45, 2.75) is 11.8 Å². The van der Waals surface area contributed by atoms with Crippen LogP contribution in [0.4, 0.5) is 11.4 Å². The van der Waals surface area contributed by atoms with Crippen LogP contribution >= 0.6 is 0 Å².